The summed E-state index contributed by atoms with van der Waals surface area (Å²) in [6.45, 7) is 8.02. The number of benzene rings is 1. The predicted molar refractivity (Wildman–Crippen MR) is 78.5 cm³/mol. The highest BCUT2D eigenvalue weighted by Gasteiger charge is 2.16. The second-order valence-corrected chi connectivity index (χ2v) is 5.71. The first-order valence-electron chi connectivity index (χ1n) is 6.81. The Bertz CT molecular complexity index is 628. The van der Waals surface area contributed by atoms with E-state index in [0.717, 1.165) is 10.9 Å². The van der Waals surface area contributed by atoms with Crippen molar-refractivity contribution in [2.75, 3.05) is 13.2 Å². The number of aryl methyl sites for hydroxylation is 1. The normalized spacial score (nSPS) is 11.4. The number of rotatable bonds is 4. The fourth-order valence-electron chi connectivity index (χ4n) is 1.84. The number of carbonyl (C=O) groups excluding carboxylic acids is 1. The van der Waals surface area contributed by atoms with Gasteiger partial charge in [-0.3, -0.25) is 0 Å². The Morgan fingerprint density at radius 3 is 2.86 bits per heavy atom. The summed E-state index contributed by atoms with van der Waals surface area (Å²) < 4.78 is 15.9. The molecule has 0 aliphatic carbocycles. The highest BCUT2D eigenvalue weighted by Crippen LogP contribution is 2.27. The van der Waals surface area contributed by atoms with Crippen LogP contribution in [0.15, 0.2) is 22.7 Å². The molecule has 2 rings (SSSR count). The molecular formula is C15H20N2O4. The summed E-state index contributed by atoms with van der Waals surface area (Å²) in [5, 5.41) is 7.37. The zero-order chi connectivity index (χ0) is 15.5. The lowest BCUT2D eigenvalue weighted by atomic mass is 10.1. The summed E-state index contributed by atoms with van der Waals surface area (Å²) >= 11 is 0. The van der Waals surface area contributed by atoms with Gasteiger partial charge >= 0.3 is 6.09 Å². The van der Waals surface area contributed by atoms with Crippen molar-refractivity contribution in [2.45, 2.75) is 33.3 Å². The van der Waals surface area contributed by atoms with E-state index >= 15 is 0 Å². The Hall–Kier alpha value is -2.24. The molecule has 1 N–H and O–H groups in total. The topological polar surface area (TPSA) is 73.6 Å². The molecule has 0 atom stereocenters. The molecular weight excluding hydrogens is 272 g/mol. The fraction of sp³-hybridized carbons (Fsp3) is 0.467. The molecule has 1 heterocycles. The van der Waals surface area contributed by atoms with Gasteiger partial charge in [0.2, 0.25) is 0 Å². The van der Waals surface area contributed by atoms with Crippen molar-refractivity contribution in [3.63, 3.8) is 0 Å². The summed E-state index contributed by atoms with van der Waals surface area (Å²) in [6, 6.07) is 5.70. The smallest absolute Gasteiger partial charge is 0.407 e. The molecule has 0 aliphatic rings. The van der Waals surface area contributed by atoms with E-state index in [4.69, 9.17) is 14.0 Å². The molecule has 1 aromatic heterocycles. The second-order valence-electron chi connectivity index (χ2n) is 5.71. The van der Waals surface area contributed by atoms with Gasteiger partial charge in [0.15, 0.2) is 5.58 Å². The molecule has 1 aromatic carbocycles. The first-order chi connectivity index (χ1) is 9.87. The lowest BCUT2D eigenvalue weighted by Crippen LogP contribution is -2.34. The molecule has 114 valence electrons. The number of ether oxygens (including phenoxy) is 2. The van der Waals surface area contributed by atoms with E-state index in [2.05, 4.69) is 10.5 Å². The quantitative estimate of drug-likeness (QED) is 0.877. The van der Waals surface area contributed by atoms with E-state index in [9.17, 15) is 4.79 Å². The highest BCUT2D eigenvalue weighted by molar-refractivity contribution is 5.85. The number of amides is 1. The molecule has 6 heteroatoms. The largest absolute Gasteiger partial charge is 0.473 e. The third-order valence-corrected chi connectivity index (χ3v) is 2.68. The molecule has 21 heavy (non-hydrogen) atoms. The Morgan fingerprint density at radius 1 is 1.38 bits per heavy atom. The standard InChI is InChI=1S/C15H20N2O4/c1-10-6-5-7-11-12(10)13(17-21-11)19-9-8-16-14(18)20-15(2,3)4/h5-7H,8-9H2,1-4H3,(H,16,18). The third-order valence-electron chi connectivity index (χ3n) is 2.68. The van der Waals surface area contributed by atoms with E-state index in [1.54, 1.807) is 0 Å². The van der Waals surface area contributed by atoms with Gasteiger partial charge < -0.3 is 19.3 Å². The predicted octanol–water partition coefficient (Wildman–Crippen LogP) is 3.04. The van der Waals surface area contributed by atoms with Crippen LogP contribution < -0.4 is 10.1 Å². The Kier molecular flexibility index (Phi) is 4.35. The van der Waals surface area contributed by atoms with Crippen LogP contribution in [-0.2, 0) is 4.74 Å². The van der Waals surface area contributed by atoms with Gasteiger partial charge in [-0.2, -0.15) is 0 Å². The van der Waals surface area contributed by atoms with Crippen LogP contribution in [0, 0.1) is 6.92 Å². The van der Waals surface area contributed by atoms with Crippen LogP contribution >= 0.6 is 0 Å². The van der Waals surface area contributed by atoms with Crippen molar-refractivity contribution in [1.82, 2.24) is 10.5 Å². The summed E-state index contributed by atoms with van der Waals surface area (Å²) in [5.41, 5.74) is 1.21. The van der Waals surface area contributed by atoms with Crippen molar-refractivity contribution in [2.24, 2.45) is 0 Å². The van der Waals surface area contributed by atoms with E-state index in [1.165, 1.54) is 0 Å². The van der Waals surface area contributed by atoms with Gasteiger partial charge in [0.25, 0.3) is 5.88 Å². The van der Waals surface area contributed by atoms with E-state index in [-0.39, 0.29) is 6.61 Å². The summed E-state index contributed by atoms with van der Waals surface area (Å²) in [6.07, 6.45) is -0.465. The molecule has 1 amide bonds. The first kappa shape index (κ1) is 15.2. The average molecular weight is 292 g/mol. The molecule has 0 spiro atoms. The molecule has 2 aromatic rings. The summed E-state index contributed by atoms with van der Waals surface area (Å²) in [5.74, 6) is 0.439. The zero-order valence-electron chi connectivity index (χ0n) is 12.7. The lowest BCUT2D eigenvalue weighted by molar-refractivity contribution is 0.0520. The number of nitrogens with one attached hydrogen (secondary N) is 1. The van der Waals surface area contributed by atoms with Crippen LogP contribution in [-0.4, -0.2) is 30.0 Å². The van der Waals surface area contributed by atoms with Gasteiger partial charge in [-0.1, -0.05) is 12.1 Å². The maximum absolute atomic E-state index is 11.5. The van der Waals surface area contributed by atoms with Crippen molar-refractivity contribution in [1.29, 1.82) is 0 Å². The lowest BCUT2D eigenvalue weighted by Gasteiger charge is -2.19. The van der Waals surface area contributed by atoms with Crippen molar-refractivity contribution >= 4 is 17.1 Å². The maximum Gasteiger partial charge on any atom is 0.407 e. The maximum atomic E-state index is 11.5. The highest BCUT2D eigenvalue weighted by atomic mass is 16.6. The van der Waals surface area contributed by atoms with Gasteiger partial charge in [0.1, 0.15) is 12.2 Å². The summed E-state index contributed by atoms with van der Waals surface area (Å²) in [7, 11) is 0. The van der Waals surface area contributed by atoms with Crippen LogP contribution in [0.1, 0.15) is 26.3 Å². The number of aromatic nitrogens is 1. The van der Waals surface area contributed by atoms with Crippen LogP contribution in [0.3, 0.4) is 0 Å². The van der Waals surface area contributed by atoms with Gasteiger partial charge in [-0.15, -0.1) is 0 Å². The van der Waals surface area contributed by atoms with Crippen LogP contribution in [0.25, 0.3) is 11.0 Å². The van der Waals surface area contributed by atoms with Crippen LogP contribution in [0.2, 0.25) is 0 Å². The van der Waals surface area contributed by atoms with Crippen molar-refractivity contribution < 1.29 is 18.8 Å². The fourth-order valence-corrected chi connectivity index (χ4v) is 1.84. The molecule has 0 radical (unpaired) electrons. The zero-order valence-corrected chi connectivity index (χ0v) is 12.7. The van der Waals surface area contributed by atoms with Crippen LogP contribution in [0.4, 0.5) is 4.79 Å². The van der Waals surface area contributed by atoms with Gasteiger partial charge in [0.05, 0.1) is 11.9 Å². The van der Waals surface area contributed by atoms with Crippen LogP contribution in [0.5, 0.6) is 5.88 Å². The number of hydrogen-bond donors (Lipinski definition) is 1. The molecule has 0 saturated carbocycles. The molecule has 0 fully saturated rings. The monoisotopic (exact) mass is 292 g/mol. The number of fused-ring (bicyclic) bond motifs is 1. The minimum atomic E-state index is -0.510. The second kappa shape index (κ2) is 6.03. The number of hydrogen-bond acceptors (Lipinski definition) is 5. The summed E-state index contributed by atoms with van der Waals surface area (Å²) in [4.78, 5) is 11.5. The van der Waals surface area contributed by atoms with Gasteiger partial charge in [0, 0.05) is 0 Å². The van der Waals surface area contributed by atoms with Crippen molar-refractivity contribution in [3.8, 4) is 5.88 Å². The van der Waals surface area contributed by atoms with Gasteiger partial charge in [-0.25, -0.2) is 4.79 Å². The van der Waals surface area contributed by atoms with Gasteiger partial charge in [-0.05, 0) is 44.5 Å². The molecule has 0 bridgehead atoms. The molecule has 0 unspecified atom stereocenters. The number of nitrogens with zero attached hydrogens (tertiary/aromatic N) is 1. The SMILES string of the molecule is Cc1cccc2onc(OCCNC(=O)OC(C)(C)C)c12. The molecule has 0 aliphatic heterocycles. The third kappa shape index (κ3) is 4.11. The van der Waals surface area contributed by atoms with E-state index < -0.39 is 11.7 Å². The minimum Gasteiger partial charge on any atom is -0.473 e. The molecule has 0 saturated heterocycles. The Labute approximate surface area is 123 Å². The average Bonchev–Trinajstić information content (AvgIpc) is 2.77. The van der Waals surface area contributed by atoms with Crippen molar-refractivity contribution in [3.05, 3.63) is 23.8 Å². The first-order valence-corrected chi connectivity index (χ1v) is 6.81. The van der Waals surface area contributed by atoms with E-state index in [1.807, 2.05) is 45.9 Å². The number of alkyl carbamates (subject to hydrolysis) is 1. The Balaban J connectivity index is 1.85. The van der Waals surface area contributed by atoms with E-state index in [0.29, 0.717) is 18.0 Å². The Morgan fingerprint density at radius 2 is 2.14 bits per heavy atom. The molecule has 6 nitrogen and oxygen atoms in total. The number of carbonyl (C=O) groups is 1. The minimum absolute atomic E-state index is 0.287.